The molecule has 0 rings (SSSR count). The minimum atomic E-state index is -1.50. The molecule has 0 aromatic rings. The van der Waals surface area contributed by atoms with Crippen molar-refractivity contribution in [2.45, 2.75) is 367 Å². The summed E-state index contributed by atoms with van der Waals surface area (Å²) in [6.07, 6.45) is 66.8. The van der Waals surface area contributed by atoms with E-state index < -0.39 is 18.4 Å². The number of nitrogens with zero attached hydrogens (tertiary/aromatic N) is 1. The second-order valence-corrected chi connectivity index (χ2v) is 24.5. The number of rotatable bonds is 64. The first-order valence-electron chi connectivity index (χ1n) is 33.7. The number of hydrogen-bond donors (Lipinski definition) is 1. The second kappa shape index (κ2) is 59.4. The highest BCUT2D eigenvalue weighted by Crippen LogP contribution is 2.19. The number of esters is 2. The summed E-state index contributed by atoms with van der Waals surface area (Å²) in [4.78, 5) is 37.3. The Balaban J connectivity index is 3.82. The maximum absolute atomic E-state index is 12.9. The van der Waals surface area contributed by atoms with Crippen LogP contribution in [0.5, 0.6) is 0 Å². The van der Waals surface area contributed by atoms with Crippen molar-refractivity contribution in [3.63, 3.8) is 0 Å². The van der Waals surface area contributed by atoms with Crippen LogP contribution in [0.3, 0.4) is 0 Å². The molecular weight excluding hydrogens is 947 g/mol. The first-order chi connectivity index (χ1) is 37.1. The predicted molar refractivity (Wildman–Crippen MR) is 323 cm³/mol. The third-order valence-electron chi connectivity index (χ3n) is 15.6. The number of carboxylic acid groups (broad SMARTS) is 1. The number of aliphatic carboxylic acids is 1. The summed E-state index contributed by atoms with van der Waals surface area (Å²) >= 11 is 0. The SMILES string of the molecule is CCCCCCCCCCCCCCCCCCCCCCCCCCCCCCCCCCCCCCCCCCC(=O)OC(COC(=O)CCCCCCCCCCCCC)COC(OCC[N+](C)(C)C)C(=O)O. The number of ether oxygens (including phenoxy) is 4. The van der Waals surface area contributed by atoms with E-state index in [0.717, 1.165) is 38.5 Å². The second-order valence-electron chi connectivity index (χ2n) is 24.5. The molecule has 0 saturated carbocycles. The maximum atomic E-state index is 12.9. The Kier molecular flexibility index (Phi) is 58.1. The highest BCUT2D eigenvalue weighted by atomic mass is 16.7. The molecule has 0 aromatic heterocycles. The van der Waals surface area contributed by atoms with Crippen molar-refractivity contribution in [1.82, 2.24) is 0 Å². The zero-order valence-electron chi connectivity index (χ0n) is 51.7. The van der Waals surface area contributed by atoms with Gasteiger partial charge < -0.3 is 28.5 Å². The van der Waals surface area contributed by atoms with E-state index in [1.807, 2.05) is 21.1 Å². The fraction of sp³-hybridized carbons (Fsp3) is 0.955. The molecule has 0 fully saturated rings. The molecule has 0 amide bonds. The number of quaternary nitrogens is 1. The highest BCUT2D eigenvalue weighted by Gasteiger charge is 2.25. The van der Waals surface area contributed by atoms with Gasteiger partial charge in [-0.05, 0) is 12.8 Å². The molecule has 0 spiro atoms. The van der Waals surface area contributed by atoms with Gasteiger partial charge >= 0.3 is 17.9 Å². The zero-order chi connectivity index (χ0) is 55.5. The van der Waals surface area contributed by atoms with Gasteiger partial charge in [0.15, 0.2) is 6.10 Å². The van der Waals surface area contributed by atoms with Crippen LogP contribution in [-0.2, 0) is 33.3 Å². The standard InChI is InChI=1S/C67H131NO8/c1-6-8-10-12-14-16-18-19-20-21-22-23-24-25-26-27-28-29-30-31-32-33-34-35-36-37-38-39-40-41-42-43-44-45-46-48-50-52-54-56-58-65(70)76-63(62-75-67(66(71)72)73-60-59-68(3,4)5)61-74-64(69)57-55-53-51-49-47-17-15-13-11-9-7-2/h63,67H,6-62H2,1-5H3/p+1. The van der Waals surface area contributed by atoms with Crippen LogP contribution in [0.4, 0.5) is 0 Å². The van der Waals surface area contributed by atoms with Crippen molar-refractivity contribution < 1.29 is 42.9 Å². The molecule has 76 heavy (non-hydrogen) atoms. The van der Waals surface area contributed by atoms with E-state index in [2.05, 4.69) is 13.8 Å². The van der Waals surface area contributed by atoms with Gasteiger partial charge in [-0.15, -0.1) is 0 Å². The lowest BCUT2D eigenvalue weighted by atomic mass is 10.0. The lowest BCUT2D eigenvalue weighted by Gasteiger charge is -2.25. The molecule has 0 aliphatic rings. The number of unbranched alkanes of at least 4 members (excludes halogenated alkanes) is 49. The van der Waals surface area contributed by atoms with Crippen molar-refractivity contribution in [1.29, 1.82) is 0 Å². The first kappa shape index (κ1) is 74.3. The van der Waals surface area contributed by atoms with Gasteiger partial charge in [0.05, 0.1) is 34.4 Å². The van der Waals surface area contributed by atoms with Crippen LogP contribution in [0.1, 0.15) is 354 Å². The molecule has 2 atom stereocenters. The molecule has 0 radical (unpaired) electrons. The van der Waals surface area contributed by atoms with Crippen LogP contribution >= 0.6 is 0 Å². The Morgan fingerprint density at radius 3 is 0.842 bits per heavy atom. The largest absolute Gasteiger partial charge is 0.477 e. The van der Waals surface area contributed by atoms with E-state index >= 15 is 0 Å². The molecule has 0 heterocycles. The van der Waals surface area contributed by atoms with E-state index in [0.29, 0.717) is 17.4 Å². The normalized spacial score (nSPS) is 12.6. The molecule has 1 N–H and O–H groups in total. The average molecular weight is 1080 g/mol. The van der Waals surface area contributed by atoms with Crippen molar-refractivity contribution in [2.75, 3.05) is 47.5 Å². The van der Waals surface area contributed by atoms with E-state index in [4.69, 9.17) is 18.9 Å². The monoisotopic (exact) mass is 1080 g/mol. The van der Waals surface area contributed by atoms with Gasteiger partial charge in [0.1, 0.15) is 13.2 Å². The third kappa shape index (κ3) is 59.9. The van der Waals surface area contributed by atoms with Gasteiger partial charge in [0.25, 0.3) is 6.29 Å². The van der Waals surface area contributed by atoms with Crippen LogP contribution in [0.25, 0.3) is 0 Å². The fourth-order valence-corrected chi connectivity index (χ4v) is 10.4. The Morgan fingerprint density at radius 2 is 0.592 bits per heavy atom. The predicted octanol–water partition coefficient (Wildman–Crippen LogP) is 20.3. The first-order valence-corrected chi connectivity index (χ1v) is 33.7. The quantitative estimate of drug-likeness (QED) is 0.0278. The molecule has 452 valence electrons. The molecule has 0 aliphatic carbocycles. The van der Waals surface area contributed by atoms with E-state index in [-0.39, 0.29) is 38.2 Å². The Hall–Kier alpha value is -1.71. The summed E-state index contributed by atoms with van der Waals surface area (Å²) in [5, 5.41) is 9.69. The van der Waals surface area contributed by atoms with Crippen molar-refractivity contribution >= 4 is 17.9 Å². The third-order valence-corrected chi connectivity index (χ3v) is 15.6. The number of carbonyl (C=O) groups is 3. The summed E-state index contributed by atoms with van der Waals surface area (Å²) in [7, 11) is 5.98. The van der Waals surface area contributed by atoms with Crippen LogP contribution in [0.15, 0.2) is 0 Å². The minimum absolute atomic E-state index is 0.173. The van der Waals surface area contributed by atoms with Crippen LogP contribution in [-0.4, -0.2) is 87.4 Å². The topological polar surface area (TPSA) is 108 Å². The number of hydrogen-bond acceptors (Lipinski definition) is 7. The minimum Gasteiger partial charge on any atom is -0.477 e. The van der Waals surface area contributed by atoms with Crippen LogP contribution < -0.4 is 0 Å². The van der Waals surface area contributed by atoms with Crippen LogP contribution in [0.2, 0.25) is 0 Å². The summed E-state index contributed by atoms with van der Waals surface area (Å²) < 4.78 is 22.9. The summed E-state index contributed by atoms with van der Waals surface area (Å²) in [6, 6.07) is 0. The molecular formula is C67H132NO8+. The van der Waals surface area contributed by atoms with Gasteiger partial charge in [-0.25, -0.2) is 4.79 Å². The lowest BCUT2D eigenvalue weighted by molar-refractivity contribution is -0.870. The Morgan fingerprint density at radius 1 is 0.342 bits per heavy atom. The van der Waals surface area contributed by atoms with E-state index in [1.165, 1.54) is 289 Å². The molecule has 9 heteroatoms. The molecule has 0 bridgehead atoms. The van der Waals surface area contributed by atoms with Gasteiger partial charge in [-0.3, -0.25) is 9.59 Å². The smallest absolute Gasteiger partial charge is 0.361 e. The molecule has 0 aliphatic heterocycles. The fourth-order valence-electron chi connectivity index (χ4n) is 10.4. The maximum Gasteiger partial charge on any atom is 0.361 e. The average Bonchev–Trinajstić information content (AvgIpc) is 3.39. The van der Waals surface area contributed by atoms with E-state index in [9.17, 15) is 19.5 Å². The van der Waals surface area contributed by atoms with Crippen LogP contribution in [0, 0.1) is 0 Å². The van der Waals surface area contributed by atoms with Gasteiger partial charge in [-0.1, -0.05) is 328 Å². The molecule has 2 unspecified atom stereocenters. The number of carboxylic acids is 1. The Labute approximate surface area is 473 Å². The van der Waals surface area contributed by atoms with Gasteiger partial charge in [-0.2, -0.15) is 0 Å². The van der Waals surface area contributed by atoms with Crippen molar-refractivity contribution in [2.24, 2.45) is 0 Å². The molecule has 0 aromatic carbocycles. The zero-order valence-corrected chi connectivity index (χ0v) is 51.7. The summed E-state index contributed by atoms with van der Waals surface area (Å²) in [6.45, 7) is 4.93. The Bertz CT molecular complexity index is 1210. The van der Waals surface area contributed by atoms with Gasteiger partial charge in [0, 0.05) is 12.8 Å². The molecule has 9 nitrogen and oxygen atoms in total. The number of carbonyl (C=O) groups excluding carboxylic acids is 2. The number of likely N-dealkylation sites (N-methyl/N-ethyl adjacent to an activating group) is 1. The van der Waals surface area contributed by atoms with Crippen molar-refractivity contribution in [3.05, 3.63) is 0 Å². The molecule has 0 saturated heterocycles. The van der Waals surface area contributed by atoms with E-state index in [1.54, 1.807) is 0 Å². The summed E-state index contributed by atoms with van der Waals surface area (Å²) in [5.74, 6) is -1.98. The highest BCUT2D eigenvalue weighted by molar-refractivity contribution is 5.71. The lowest BCUT2D eigenvalue weighted by Crippen LogP contribution is -2.40. The summed E-state index contributed by atoms with van der Waals surface area (Å²) in [5.41, 5.74) is 0. The van der Waals surface area contributed by atoms with Gasteiger partial charge in [0.2, 0.25) is 0 Å². The van der Waals surface area contributed by atoms with Crippen molar-refractivity contribution in [3.8, 4) is 0 Å².